The van der Waals surface area contributed by atoms with Crippen molar-refractivity contribution in [1.29, 1.82) is 0 Å². The Morgan fingerprint density at radius 1 is 1.07 bits per heavy atom. The van der Waals surface area contributed by atoms with Gasteiger partial charge in [-0.3, -0.25) is 9.69 Å². The van der Waals surface area contributed by atoms with Gasteiger partial charge in [-0.15, -0.1) is 0 Å². The third-order valence-electron chi connectivity index (χ3n) is 7.21. The molecule has 3 atom stereocenters. The van der Waals surface area contributed by atoms with Crippen LogP contribution in [0.5, 0.6) is 11.5 Å². The van der Waals surface area contributed by atoms with Gasteiger partial charge in [-0.25, -0.2) is 0 Å². The fourth-order valence-electron chi connectivity index (χ4n) is 5.70. The van der Waals surface area contributed by atoms with Crippen molar-refractivity contribution in [2.45, 2.75) is 56.6 Å². The van der Waals surface area contributed by atoms with Crippen LogP contribution in [0.15, 0.2) is 18.2 Å². The Labute approximate surface area is 166 Å². The predicted molar refractivity (Wildman–Crippen MR) is 104 cm³/mol. The van der Waals surface area contributed by atoms with Gasteiger partial charge >= 0.3 is 0 Å². The van der Waals surface area contributed by atoms with Crippen molar-refractivity contribution in [3.05, 3.63) is 23.8 Å². The molecule has 1 aromatic rings. The molecular weight excluding hydrogens is 356 g/mol. The lowest BCUT2D eigenvalue weighted by Gasteiger charge is -2.52. The summed E-state index contributed by atoms with van der Waals surface area (Å²) in [7, 11) is 0. The molecule has 6 heteroatoms. The highest BCUT2D eigenvalue weighted by Gasteiger charge is 2.49. The monoisotopic (exact) mass is 386 g/mol. The first kappa shape index (κ1) is 18.3. The molecule has 0 bridgehead atoms. The van der Waals surface area contributed by atoms with Crippen molar-refractivity contribution in [3.8, 4) is 11.5 Å². The highest BCUT2D eigenvalue weighted by molar-refractivity contribution is 5.78. The Kier molecular flexibility index (Phi) is 4.71. The normalized spacial score (nSPS) is 32.4. The second-order valence-electron chi connectivity index (χ2n) is 8.82. The maximum absolute atomic E-state index is 12.9. The highest BCUT2D eigenvalue weighted by atomic mass is 16.7. The van der Waals surface area contributed by atoms with Crippen LogP contribution in [0.25, 0.3) is 0 Å². The number of rotatable bonds is 3. The molecule has 1 saturated carbocycles. The molecular formula is C22H30N2O4. The van der Waals surface area contributed by atoms with Crippen molar-refractivity contribution in [2.24, 2.45) is 5.92 Å². The summed E-state index contributed by atoms with van der Waals surface area (Å²) >= 11 is 0. The van der Waals surface area contributed by atoms with Crippen molar-refractivity contribution in [1.82, 2.24) is 9.80 Å². The average Bonchev–Trinajstić information content (AvgIpc) is 3.39. The number of likely N-dealkylation sites (tertiary alicyclic amines) is 2. The second kappa shape index (κ2) is 7.23. The van der Waals surface area contributed by atoms with E-state index in [0.29, 0.717) is 6.54 Å². The van der Waals surface area contributed by atoms with E-state index in [2.05, 4.69) is 17.0 Å². The van der Waals surface area contributed by atoms with Crippen LogP contribution in [-0.4, -0.2) is 59.4 Å². The van der Waals surface area contributed by atoms with Crippen molar-refractivity contribution >= 4 is 5.91 Å². The summed E-state index contributed by atoms with van der Waals surface area (Å²) in [6, 6.07) is 6.15. The van der Waals surface area contributed by atoms with E-state index in [9.17, 15) is 9.90 Å². The molecule has 152 valence electrons. The summed E-state index contributed by atoms with van der Waals surface area (Å²) in [5, 5.41) is 11.4. The molecule has 0 aromatic heterocycles. The van der Waals surface area contributed by atoms with E-state index < -0.39 is 5.60 Å². The summed E-state index contributed by atoms with van der Waals surface area (Å²) in [5.41, 5.74) is 0.510. The van der Waals surface area contributed by atoms with E-state index in [1.807, 2.05) is 11.0 Å². The smallest absolute Gasteiger partial charge is 0.236 e. The van der Waals surface area contributed by atoms with Gasteiger partial charge in [-0.05, 0) is 49.8 Å². The average molecular weight is 386 g/mol. The van der Waals surface area contributed by atoms with E-state index in [1.54, 1.807) is 0 Å². The molecule has 1 N–H and O–H groups in total. The topological polar surface area (TPSA) is 62.2 Å². The Morgan fingerprint density at radius 3 is 2.75 bits per heavy atom. The first-order chi connectivity index (χ1) is 13.6. The van der Waals surface area contributed by atoms with Crippen LogP contribution in [0.3, 0.4) is 0 Å². The van der Waals surface area contributed by atoms with Crippen LogP contribution in [0.2, 0.25) is 0 Å². The van der Waals surface area contributed by atoms with Gasteiger partial charge in [-0.1, -0.05) is 18.9 Å². The maximum atomic E-state index is 12.9. The van der Waals surface area contributed by atoms with Gasteiger partial charge < -0.3 is 19.5 Å². The van der Waals surface area contributed by atoms with Crippen LogP contribution in [0.1, 0.15) is 56.6 Å². The fraction of sp³-hybridized carbons (Fsp3) is 0.682. The molecule has 3 aliphatic heterocycles. The summed E-state index contributed by atoms with van der Waals surface area (Å²) < 4.78 is 11.1. The third-order valence-corrected chi connectivity index (χ3v) is 7.21. The Morgan fingerprint density at radius 2 is 1.89 bits per heavy atom. The van der Waals surface area contributed by atoms with Crippen LogP contribution < -0.4 is 9.47 Å². The van der Waals surface area contributed by atoms with E-state index in [-0.39, 0.29) is 24.7 Å². The summed E-state index contributed by atoms with van der Waals surface area (Å²) in [6.07, 6.45) is 7.08. The summed E-state index contributed by atoms with van der Waals surface area (Å²) in [5.74, 6) is 1.93. The first-order valence-corrected chi connectivity index (χ1v) is 10.8. The zero-order valence-corrected chi connectivity index (χ0v) is 16.4. The van der Waals surface area contributed by atoms with Crippen LogP contribution in [-0.2, 0) is 4.79 Å². The van der Waals surface area contributed by atoms with Gasteiger partial charge in [-0.2, -0.15) is 0 Å². The Hall–Kier alpha value is -1.79. The number of hydrogen-bond donors (Lipinski definition) is 1. The Balaban J connectivity index is 1.45. The molecule has 2 saturated heterocycles. The predicted octanol–water partition coefficient (Wildman–Crippen LogP) is 2.71. The quantitative estimate of drug-likeness (QED) is 0.865. The molecule has 5 rings (SSSR count). The van der Waals surface area contributed by atoms with Crippen LogP contribution >= 0.6 is 0 Å². The number of hydrogen-bond acceptors (Lipinski definition) is 5. The minimum absolute atomic E-state index is 0.0418. The van der Waals surface area contributed by atoms with E-state index in [0.717, 1.165) is 81.6 Å². The second-order valence-corrected chi connectivity index (χ2v) is 8.82. The van der Waals surface area contributed by atoms with Gasteiger partial charge in [0.25, 0.3) is 0 Å². The lowest BCUT2D eigenvalue weighted by atomic mass is 9.66. The lowest BCUT2D eigenvalue weighted by molar-refractivity contribution is -0.144. The zero-order chi connectivity index (χ0) is 19.1. The number of piperidine rings is 1. The van der Waals surface area contributed by atoms with E-state index in [4.69, 9.17) is 9.47 Å². The zero-order valence-electron chi connectivity index (χ0n) is 16.4. The molecule has 1 aliphatic carbocycles. The largest absolute Gasteiger partial charge is 0.454 e. The first-order valence-electron chi connectivity index (χ1n) is 10.8. The van der Waals surface area contributed by atoms with E-state index >= 15 is 0 Å². The molecule has 0 radical (unpaired) electrons. The molecule has 0 unspecified atom stereocenters. The van der Waals surface area contributed by atoms with Crippen molar-refractivity contribution < 1.29 is 19.4 Å². The number of fused-ring (bicyclic) bond motifs is 2. The van der Waals surface area contributed by atoms with Crippen molar-refractivity contribution in [2.75, 3.05) is 33.0 Å². The van der Waals surface area contributed by atoms with Gasteiger partial charge in [0.15, 0.2) is 11.5 Å². The minimum atomic E-state index is -0.619. The molecule has 3 heterocycles. The molecule has 28 heavy (non-hydrogen) atoms. The molecule has 1 aromatic carbocycles. The number of nitrogens with zero attached hydrogens (tertiary/aromatic N) is 2. The Bertz CT molecular complexity index is 748. The van der Waals surface area contributed by atoms with Crippen LogP contribution in [0.4, 0.5) is 0 Å². The molecule has 4 aliphatic rings. The molecule has 1 amide bonds. The van der Waals surface area contributed by atoms with Gasteiger partial charge in [0.1, 0.15) is 0 Å². The molecule has 6 nitrogen and oxygen atoms in total. The summed E-state index contributed by atoms with van der Waals surface area (Å²) in [6.45, 7) is 3.22. The molecule has 3 fully saturated rings. The molecule has 0 spiro atoms. The standard InChI is InChI=1S/C22H30N2O4/c25-20(23-10-3-4-11-23)14-24-12-9-22(26)8-2-1-5-17(22)21(24)16-6-7-18-19(13-16)28-15-27-18/h6-7,13,17,21,26H,1-5,8-12,14-15H2/t17-,21+,22+/m0/s1. The number of aliphatic hydroxyl groups is 1. The van der Waals surface area contributed by atoms with Crippen LogP contribution in [0, 0.1) is 5.92 Å². The van der Waals surface area contributed by atoms with Crippen molar-refractivity contribution in [3.63, 3.8) is 0 Å². The number of carbonyl (C=O) groups excluding carboxylic acids is 1. The maximum Gasteiger partial charge on any atom is 0.236 e. The number of ether oxygens (including phenoxy) is 2. The van der Waals surface area contributed by atoms with E-state index in [1.165, 1.54) is 0 Å². The number of carbonyl (C=O) groups is 1. The SMILES string of the molecule is O=C(CN1CC[C@]2(O)CCCC[C@H]2[C@H]1c1ccc2c(c1)OCO2)N1CCCC1. The van der Waals surface area contributed by atoms with Gasteiger partial charge in [0.2, 0.25) is 12.7 Å². The third kappa shape index (κ3) is 3.16. The number of benzene rings is 1. The minimum Gasteiger partial charge on any atom is -0.454 e. The van der Waals surface area contributed by atoms with Gasteiger partial charge in [0.05, 0.1) is 12.1 Å². The lowest BCUT2D eigenvalue weighted by Crippen LogP contribution is -2.56. The highest BCUT2D eigenvalue weighted by Crippen LogP contribution is 2.50. The van der Waals surface area contributed by atoms with Gasteiger partial charge in [0, 0.05) is 31.6 Å². The number of amides is 1. The summed E-state index contributed by atoms with van der Waals surface area (Å²) in [4.78, 5) is 17.2. The fourth-order valence-corrected chi connectivity index (χ4v) is 5.70.